The highest BCUT2D eigenvalue weighted by molar-refractivity contribution is 7.47. The Labute approximate surface area is 398 Å². The maximum atomic E-state index is 12.2. The van der Waals surface area contributed by atoms with Crippen LogP contribution in [0.5, 0.6) is 0 Å². The fourth-order valence-corrected chi connectivity index (χ4v) is 7.67. The summed E-state index contributed by atoms with van der Waals surface area (Å²) in [6, 6.07) is 0. The zero-order chi connectivity index (χ0) is 47.4. The number of carbonyl (C=O) groups excluding carboxylic acids is 2. The molecular weight excluding hydrogens is 834 g/mol. The number of allylic oxidation sites excluding steroid dienone is 14. The molecule has 65 heavy (non-hydrogen) atoms. The van der Waals surface area contributed by atoms with Gasteiger partial charge in [-0.2, -0.15) is 0 Å². The molecule has 2 atom stereocenters. The van der Waals surface area contributed by atoms with E-state index in [2.05, 4.69) is 104 Å². The number of nitrogens with one attached hydrogen (secondary N) is 1. The standard InChI is InChI=1S/C55H96NO8P/c1-3-5-7-9-11-13-15-17-19-21-23-25-26-28-29-31-33-35-37-39-41-43-45-47-54(58)56-49-50-63-65(60,61)64-52-53(57)51-62-55(59)48-46-44-42-40-38-36-34-32-30-27-24-22-20-18-16-14-12-10-8-6-4-2/h6,8,12,14,17-20,24,27,32,34,38,40,53,57H,3-5,7,9-11,13,15-16,21-23,25-26,28-31,33,35-37,39,41-52H2,1-2H3,(H,56,58)(H,60,61)/b8-6-,14-12-,19-17+,20-18-,27-24-,34-32-,40-38-. The number of amides is 1. The fraction of sp³-hybridized carbons (Fsp3) is 0.709. The molecule has 0 rings (SSSR count). The van der Waals surface area contributed by atoms with Gasteiger partial charge in [-0.05, 0) is 89.9 Å². The molecule has 3 N–H and O–H groups in total. The van der Waals surface area contributed by atoms with Gasteiger partial charge in [0.15, 0.2) is 0 Å². The fourth-order valence-electron chi connectivity index (χ4n) is 6.91. The van der Waals surface area contributed by atoms with Gasteiger partial charge in [-0.3, -0.25) is 18.6 Å². The summed E-state index contributed by atoms with van der Waals surface area (Å²) in [7, 11) is -4.44. The van der Waals surface area contributed by atoms with Gasteiger partial charge in [-0.15, -0.1) is 0 Å². The lowest BCUT2D eigenvalue weighted by molar-refractivity contribution is -0.147. The average molecular weight is 930 g/mol. The van der Waals surface area contributed by atoms with E-state index in [0.717, 1.165) is 70.6 Å². The van der Waals surface area contributed by atoms with Gasteiger partial charge in [0.1, 0.15) is 12.7 Å². The van der Waals surface area contributed by atoms with Crippen LogP contribution in [0.25, 0.3) is 0 Å². The van der Waals surface area contributed by atoms with Crippen molar-refractivity contribution in [2.45, 2.75) is 225 Å². The average Bonchev–Trinajstić information content (AvgIpc) is 3.29. The number of esters is 1. The highest BCUT2D eigenvalue weighted by Gasteiger charge is 2.23. The molecule has 0 aromatic heterocycles. The van der Waals surface area contributed by atoms with Crippen molar-refractivity contribution in [3.8, 4) is 0 Å². The van der Waals surface area contributed by atoms with E-state index in [9.17, 15) is 24.2 Å². The molecule has 0 spiro atoms. The molecule has 10 heteroatoms. The van der Waals surface area contributed by atoms with Crippen LogP contribution in [-0.2, 0) is 27.9 Å². The summed E-state index contributed by atoms with van der Waals surface area (Å²) in [6.07, 6.45) is 65.3. The van der Waals surface area contributed by atoms with E-state index in [1.165, 1.54) is 116 Å². The largest absolute Gasteiger partial charge is 0.472 e. The van der Waals surface area contributed by atoms with E-state index in [0.29, 0.717) is 12.8 Å². The quantitative estimate of drug-likeness (QED) is 0.0238. The van der Waals surface area contributed by atoms with Crippen LogP contribution in [0.1, 0.15) is 219 Å². The smallest absolute Gasteiger partial charge is 0.463 e. The second kappa shape index (κ2) is 50.6. The molecule has 0 aliphatic heterocycles. The van der Waals surface area contributed by atoms with E-state index in [-0.39, 0.29) is 32.1 Å². The van der Waals surface area contributed by atoms with E-state index in [1.54, 1.807) is 0 Å². The highest BCUT2D eigenvalue weighted by atomic mass is 31.2. The third-order valence-electron chi connectivity index (χ3n) is 10.8. The van der Waals surface area contributed by atoms with Gasteiger partial charge < -0.3 is 20.1 Å². The van der Waals surface area contributed by atoms with Gasteiger partial charge in [0.25, 0.3) is 0 Å². The summed E-state index contributed by atoms with van der Waals surface area (Å²) in [5.41, 5.74) is 0. The van der Waals surface area contributed by atoms with Crippen LogP contribution < -0.4 is 5.32 Å². The van der Waals surface area contributed by atoms with Crippen molar-refractivity contribution in [3.05, 3.63) is 85.1 Å². The van der Waals surface area contributed by atoms with Crippen LogP contribution in [0.4, 0.5) is 0 Å². The number of carbonyl (C=O) groups is 2. The molecular formula is C55H96NO8P. The van der Waals surface area contributed by atoms with E-state index < -0.39 is 26.5 Å². The molecule has 374 valence electrons. The van der Waals surface area contributed by atoms with Gasteiger partial charge in [0, 0.05) is 19.4 Å². The number of hydrogen-bond donors (Lipinski definition) is 3. The number of phosphoric acid groups is 1. The summed E-state index contributed by atoms with van der Waals surface area (Å²) < 4.78 is 27.0. The Morgan fingerprint density at radius 2 is 0.877 bits per heavy atom. The van der Waals surface area contributed by atoms with Crippen LogP contribution in [0, 0.1) is 0 Å². The Morgan fingerprint density at radius 1 is 0.492 bits per heavy atom. The first-order valence-corrected chi connectivity index (χ1v) is 27.6. The van der Waals surface area contributed by atoms with Crippen LogP contribution >= 0.6 is 7.82 Å². The second-order valence-electron chi connectivity index (χ2n) is 17.1. The molecule has 0 aromatic rings. The number of aliphatic hydroxyl groups excluding tert-OH is 1. The van der Waals surface area contributed by atoms with Crippen molar-refractivity contribution in [3.63, 3.8) is 0 Å². The molecule has 0 radical (unpaired) electrons. The summed E-state index contributed by atoms with van der Waals surface area (Å²) in [5.74, 6) is -0.561. The lowest BCUT2D eigenvalue weighted by Gasteiger charge is -2.15. The third kappa shape index (κ3) is 52.0. The SMILES string of the molecule is CC/C=C\C/C=C\C/C=C\C/C=C\C/C=C\C/C=C\CCCCC(=O)OCC(O)COP(=O)(O)OCCNC(=O)CCCCCCCCCCCCCCC/C=C/CCCCCCCC. The number of ether oxygens (including phenoxy) is 1. The molecule has 0 aliphatic rings. The second-order valence-corrected chi connectivity index (χ2v) is 18.6. The van der Waals surface area contributed by atoms with Crippen LogP contribution in [0.3, 0.4) is 0 Å². The third-order valence-corrected chi connectivity index (χ3v) is 11.8. The summed E-state index contributed by atoms with van der Waals surface area (Å²) in [6.45, 7) is 3.40. The molecule has 9 nitrogen and oxygen atoms in total. The minimum Gasteiger partial charge on any atom is -0.463 e. The van der Waals surface area contributed by atoms with Crippen molar-refractivity contribution in [1.82, 2.24) is 5.32 Å². The summed E-state index contributed by atoms with van der Waals surface area (Å²) in [4.78, 5) is 34.1. The topological polar surface area (TPSA) is 131 Å². The normalized spacial score (nSPS) is 13.8. The highest BCUT2D eigenvalue weighted by Crippen LogP contribution is 2.42. The Balaban J connectivity index is 3.62. The van der Waals surface area contributed by atoms with Gasteiger partial charge in [-0.1, -0.05) is 202 Å². The Morgan fingerprint density at radius 3 is 1.35 bits per heavy atom. The maximum absolute atomic E-state index is 12.2. The maximum Gasteiger partial charge on any atom is 0.472 e. The number of rotatable bonds is 48. The minimum atomic E-state index is -4.44. The van der Waals surface area contributed by atoms with Crippen molar-refractivity contribution in [2.75, 3.05) is 26.4 Å². The first kappa shape index (κ1) is 62.2. The molecule has 0 bridgehead atoms. The van der Waals surface area contributed by atoms with Crippen molar-refractivity contribution in [2.24, 2.45) is 0 Å². The van der Waals surface area contributed by atoms with Gasteiger partial charge in [-0.25, -0.2) is 4.57 Å². The lowest BCUT2D eigenvalue weighted by atomic mass is 10.0. The molecule has 0 aliphatic carbocycles. The van der Waals surface area contributed by atoms with Crippen molar-refractivity contribution >= 4 is 19.7 Å². The van der Waals surface area contributed by atoms with E-state index >= 15 is 0 Å². The molecule has 0 saturated heterocycles. The van der Waals surface area contributed by atoms with Crippen LogP contribution in [0.2, 0.25) is 0 Å². The Hall–Kier alpha value is -2.81. The first-order valence-electron chi connectivity index (χ1n) is 26.1. The number of phosphoric ester groups is 1. The molecule has 1 amide bonds. The van der Waals surface area contributed by atoms with Crippen LogP contribution in [-0.4, -0.2) is 54.3 Å². The zero-order valence-corrected chi connectivity index (χ0v) is 42.3. The van der Waals surface area contributed by atoms with Gasteiger partial charge >= 0.3 is 13.8 Å². The van der Waals surface area contributed by atoms with Crippen molar-refractivity contribution in [1.29, 1.82) is 0 Å². The molecule has 2 unspecified atom stereocenters. The molecule has 0 saturated carbocycles. The van der Waals surface area contributed by atoms with Crippen LogP contribution in [0.15, 0.2) is 85.1 Å². The number of unbranched alkanes of at least 4 members (excludes halogenated alkanes) is 21. The van der Waals surface area contributed by atoms with Gasteiger partial charge in [0.05, 0.1) is 13.2 Å². The molecule has 0 heterocycles. The summed E-state index contributed by atoms with van der Waals surface area (Å²) >= 11 is 0. The Bertz CT molecular complexity index is 1340. The number of aliphatic hydroxyl groups is 1. The van der Waals surface area contributed by atoms with Gasteiger partial charge in [0.2, 0.25) is 5.91 Å². The zero-order valence-electron chi connectivity index (χ0n) is 41.4. The first-order chi connectivity index (χ1) is 31.8. The predicted octanol–water partition coefficient (Wildman–Crippen LogP) is 15.6. The lowest BCUT2D eigenvalue weighted by Crippen LogP contribution is -2.27. The molecule has 0 fully saturated rings. The monoisotopic (exact) mass is 930 g/mol. The predicted molar refractivity (Wildman–Crippen MR) is 275 cm³/mol. The van der Waals surface area contributed by atoms with E-state index in [1.807, 2.05) is 0 Å². The number of hydrogen-bond acceptors (Lipinski definition) is 7. The van der Waals surface area contributed by atoms with Crippen molar-refractivity contribution < 1.29 is 37.9 Å². The Kier molecular flexibility index (Phi) is 48.4. The van der Waals surface area contributed by atoms with E-state index in [4.69, 9.17) is 13.8 Å². The summed E-state index contributed by atoms with van der Waals surface area (Å²) in [5, 5.41) is 12.7. The molecule has 0 aromatic carbocycles. The minimum absolute atomic E-state index is 0.0731.